The fourth-order valence-corrected chi connectivity index (χ4v) is 5.54. The van der Waals surface area contributed by atoms with Crippen molar-refractivity contribution in [2.45, 2.75) is 38.5 Å². The number of aryl methyl sites for hydroxylation is 1. The lowest BCUT2D eigenvalue weighted by atomic mass is 9.96. The number of hydrogen-bond acceptors (Lipinski definition) is 8. The maximum atomic E-state index is 15.2. The average Bonchev–Trinajstić information content (AvgIpc) is 3.04. The Morgan fingerprint density at radius 2 is 1.85 bits per heavy atom. The molecule has 3 heterocycles. The first-order valence-electron chi connectivity index (χ1n) is 14.4. The van der Waals surface area contributed by atoms with Gasteiger partial charge >= 0.3 is 12.1 Å². The number of carbonyl (C=O) groups is 2. The molecule has 2 atom stereocenters. The van der Waals surface area contributed by atoms with E-state index in [0.717, 1.165) is 12.0 Å². The molecule has 1 N–H and O–H groups in total. The number of pyridine rings is 1. The van der Waals surface area contributed by atoms with Gasteiger partial charge in [-0.15, -0.1) is 0 Å². The number of ether oxygens (including phenoxy) is 2. The molecule has 0 bridgehead atoms. The fraction of sp³-hybridized carbons (Fsp3) is 0.344. The fourth-order valence-electron chi connectivity index (χ4n) is 5.54. The zero-order chi connectivity index (χ0) is 34.2. The first kappa shape index (κ1) is 33.4. The molecular weight excluding hydrogens is 629 g/mol. The molecular formula is C32H30F5N5O5. The van der Waals surface area contributed by atoms with Crippen LogP contribution in [0.2, 0.25) is 0 Å². The number of carbonyl (C=O) groups excluding carboxylic acids is 2. The number of halogens is 5. The van der Waals surface area contributed by atoms with Gasteiger partial charge in [-0.2, -0.15) is 13.2 Å². The van der Waals surface area contributed by atoms with Gasteiger partial charge in [0.1, 0.15) is 35.0 Å². The lowest BCUT2D eigenvalue weighted by Gasteiger charge is -2.38. The molecule has 5 rings (SSSR count). The number of morpholine rings is 1. The van der Waals surface area contributed by atoms with Crippen molar-refractivity contribution < 1.29 is 41.0 Å². The van der Waals surface area contributed by atoms with Gasteiger partial charge in [-0.3, -0.25) is 14.6 Å². The highest BCUT2D eigenvalue weighted by Gasteiger charge is 2.46. The summed E-state index contributed by atoms with van der Waals surface area (Å²) in [4.78, 5) is 48.8. The molecule has 1 aliphatic heterocycles. The van der Waals surface area contributed by atoms with E-state index in [1.807, 2.05) is 0 Å². The van der Waals surface area contributed by atoms with Crippen LogP contribution in [-0.4, -0.2) is 71.5 Å². The first-order chi connectivity index (χ1) is 22.2. The van der Waals surface area contributed by atoms with E-state index in [4.69, 9.17) is 9.47 Å². The van der Waals surface area contributed by atoms with Crippen LogP contribution in [0.5, 0.6) is 0 Å². The van der Waals surface area contributed by atoms with Gasteiger partial charge in [0.25, 0.3) is 11.5 Å². The first-order valence-corrected chi connectivity index (χ1v) is 14.4. The number of rotatable bonds is 7. The molecule has 2 aromatic heterocycles. The highest BCUT2D eigenvalue weighted by molar-refractivity contribution is 5.98. The van der Waals surface area contributed by atoms with Crippen LogP contribution in [0.4, 0.5) is 27.6 Å². The zero-order valence-electron chi connectivity index (χ0n) is 25.7. The predicted molar refractivity (Wildman–Crippen MR) is 161 cm³/mol. The number of hydrogen-bond donors (Lipinski definition) is 1. The summed E-state index contributed by atoms with van der Waals surface area (Å²) >= 11 is 0. The molecule has 1 saturated heterocycles. The Kier molecular flexibility index (Phi) is 9.29. The van der Waals surface area contributed by atoms with Crippen LogP contribution >= 0.6 is 0 Å². The Bertz CT molecular complexity index is 1910. The smallest absolute Gasteiger partial charge is 0.411 e. The number of nitrogens with zero attached hydrogens (tertiary/aromatic N) is 4. The van der Waals surface area contributed by atoms with E-state index < -0.39 is 59.6 Å². The minimum absolute atomic E-state index is 0.0954. The minimum atomic E-state index is -4.74. The standard InChI is InChI=1S/C32H30F5N5O5/c1-16-17(2)41(3)30(44)28(39-16)21-8-7-18(20-6-5-9-38-27(20)21)12-24(31(45)46-4)40-29(43)26-22(33)13-19(14-23(26)34)42-10-11-47-15-25(42)32(35,36)37/h5-9,13-14,24-25H,10-12,15H2,1-4H3,(H,40,43)/t24-,25+/m0/s1. The Morgan fingerprint density at radius 1 is 1.15 bits per heavy atom. The van der Waals surface area contributed by atoms with Crippen LogP contribution in [-0.2, 0) is 27.7 Å². The summed E-state index contributed by atoms with van der Waals surface area (Å²) in [6.45, 7) is 2.44. The van der Waals surface area contributed by atoms with Crippen molar-refractivity contribution in [2.24, 2.45) is 7.05 Å². The van der Waals surface area contributed by atoms with Crippen LogP contribution in [0.1, 0.15) is 27.3 Å². The van der Waals surface area contributed by atoms with Crippen LogP contribution in [0.3, 0.4) is 0 Å². The predicted octanol–water partition coefficient (Wildman–Crippen LogP) is 4.17. The third-order valence-electron chi connectivity index (χ3n) is 8.24. The molecule has 0 unspecified atom stereocenters. The third kappa shape index (κ3) is 6.52. The number of benzene rings is 2. The molecule has 1 amide bonds. The maximum Gasteiger partial charge on any atom is 0.411 e. The third-order valence-corrected chi connectivity index (χ3v) is 8.24. The number of methoxy groups -OCH3 is 1. The van der Waals surface area contributed by atoms with E-state index >= 15 is 8.78 Å². The molecule has 2 aromatic carbocycles. The Balaban J connectivity index is 1.46. The van der Waals surface area contributed by atoms with Crippen molar-refractivity contribution >= 4 is 28.5 Å². The monoisotopic (exact) mass is 659 g/mol. The van der Waals surface area contributed by atoms with Crippen LogP contribution < -0.4 is 15.8 Å². The molecule has 15 heteroatoms. The van der Waals surface area contributed by atoms with Gasteiger partial charge in [0.2, 0.25) is 0 Å². The molecule has 0 aliphatic carbocycles. The van der Waals surface area contributed by atoms with Gasteiger partial charge in [-0.05, 0) is 37.6 Å². The van der Waals surface area contributed by atoms with Gasteiger partial charge < -0.3 is 24.3 Å². The summed E-state index contributed by atoms with van der Waals surface area (Å²) in [7, 11) is 2.70. The van der Waals surface area contributed by atoms with Crippen molar-refractivity contribution in [1.29, 1.82) is 0 Å². The normalized spacial score (nSPS) is 15.9. The largest absolute Gasteiger partial charge is 0.467 e. The number of esters is 1. The summed E-state index contributed by atoms with van der Waals surface area (Å²) in [5.74, 6) is -5.09. The number of nitrogens with one attached hydrogen (secondary N) is 1. The van der Waals surface area contributed by atoms with E-state index in [-0.39, 0.29) is 30.8 Å². The molecule has 1 fully saturated rings. The number of anilines is 1. The van der Waals surface area contributed by atoms with Crippen molar-refractivity contribution in [3.63, 3.8) is 0 Å². The van der Waals surface area contributed by atoms with Gasteiger partial charge in [-0.1, -0.05) is 18.2 Å². The molecule has 0 saturated carbocycles. The molecule has 0 spiro atoms. The highest BCUT2D eigenvalue weighted by atomic mass is 19.4. The van der Waals surface area contributed by atoms with Crippen LogP contribution in [0, 0.1) is 25.5 Å². The number of fused-ring (bicyclic) bond motifs is 1. The lowest BCUT2D eigenvalue weighted by molar-refractivity contribution is -0.167. The number of aromatic nitrogens is 3. The topological polar surface area (TPSA) is 116 Å². The molecule has 47 heavy (non-hydrogen) atoms. The maximum absolute atomic E-state index is 15.2. The minimum Gasteiger partial charge on any atom is -0.467 e. The Morgan fingerprint density at radius 3 is 2.51 bits per heavy atom. The second-order valence-electron chi connectivity index (χ2n) is 11.0. The molecule has 0 radical (unpaired) electrons. The second kappa shape index (κ2) is 13.1. The van der Waals surface area contributed by atoms with E-state index in [1.54, 1.807) is 45.2 Å². The molecule has 4 aromatic rings. The van der Waals surface area contributed by atoms with Crippen molar-refractivity contribution in [3.8, 4) is 11.3 Å². The summed E-state index contributed by atoms with van der Waals surface area (Å²) < 4.78 is 82.3. The average molecular weight is 660 g/mol. The summed E-state index contributed by atoms with van der Waals surface area (Å²) in [6, 6.07) is 4.25. The second-order valence-corrected chi connectivity index (χ2v) is 11.0. The highest BCUT2D eigenvalue weighted by Crippen LogP contribution is 2.33. The Hall–Kier alpha value is -4.92. The number of amides is 1. The van der Waals surface area contributed by atoms with Gasteiger partial charge in [0.15, 0.2) is 0 Å². The van der Waals surface area contributed by atoms with Gasteiger partial charge in [-0.25, -0.2) is 18.6 Å². The van der Waals surface area contributed by atoms with Crippen LogP contribution in [0.15, 0.2) is 47.4 Å². The van der Waals surface area contributed by atoms with Gasteiger partial charge in [0.05, 0.1) is 31.5 Å². The van der Waals surface area contributed by atoms with E-state index in [9.17, 15) is 27.6 Å². The van der Waals surface area contributed by atoms with Gasteiger partial charge in [0, 0.05) is 48.5 Å². The van der Waals surface area contributed by atoms with E-state index in [2.05, 4.69) is 15.3 Å². The number of alkyl halides is 3. The van der Waals surface area contributed by atoms with Crippen molar-refractivity contribution in [2.75, 3.05) is 31.8 Å². The lowest BCUT2D eigenvalue weighted by Crippen LogP contribution is -2.53. The molecule has 1 aliphatic rings. The Labute approximate surface area is 265 Å². The SMILES string of the molecule is COC(=O)[C@H](Cc1ccc(-c2nc(C)c(C)n(C)c2=O)c2ncccc12)NC(=O)c1c(F)cc(N2CCOC[C@@H]2C(F)(F)F)cc1F. The molecule has 10 nitrogen and oxygen atoms in total. The quantitative estimate of drug-likeness (QED) is 0.232. The summed E-state index contributed by atoms with van der Waals surface area (Å²) in [5.41, 5.74) is 0.957. The summed E-state index contributed by atoms with van der Waals surface area (Å²) in [6.07, 6.45) is -3.43. The van der Waals surface area contributed by atoms with Crippen molar-refractivity contribution in [1.82, 2.24) is 19.9 Å². The van der Waals surface area contributed by atoms with E-state index in [0.29, 0.717) is 45.6 Å². The summed E-state index contributed by atoms with van der Waals surface area (Å²) in [5, 5.41) is 2.81. The van der Waals surface area contributed by atoms with Crippen LogP contribution in [0.25, 0.3) is 22.2 Å². The molecule has 248 valence electrons. The zero-order valence-corrected chi connectivity index (χ0v) is 25.7. The van der Waals surface area contributed by atoms with Crippen molar-refractivity contribution in [3.05, 3.63) is 87.1 Å². The van der Waals surface area contributed by atoms with E-state index in [1.165, 1.54) is 10.8 Å².